The molecule has 1 aromatic heterocycles. The lowest BCUT2D eigenvalue weighted by molar-refractivity contribution is -0.132. The summed E-state index contributed by atoms with van der Waals surface area (Å²) in [6.45, 7) is 1.24. The Morgan fingerprint density at radius 3 is 2.62 bits per heavy atom. The van der Waals surface area contributed by atoms with Crippen molar-refractivity contribution in [3.8, 4) is 11.5 Å². The summed E-state index contributed by atoms with van der Waals surface area (Å²) >= 11 is 0. The fourth-order valence-corrected chi connectivity index (χ4v) is 4.12. The largest absolute Gasteiger partial charge is 0.507 e. The Morgan fingerprint density at radius 1 is 1.06 bits per heavy atom. The molecule has 8 heteroatoms. The van der Waals surface area contributed by atoms with Crippen LogP contribution in [0.4, 0.5) is 11.4 Å². The summed E-state index contributed by atoms with van der Waals surface area (Å²) in [7, 11) is 1.91. The Morgan fingerprint density at radius 2 is 1.88 bits per heavy atom. The van der Waals surface area contributed by atoms with Crippen molar-refractivity contribution in [3.63, 3.8) is 0 Å². The zero-order valence-electron chi connectivity index (χ0n) is 17.2. The van der Waals surface area contributed by atoms with E-state index in [-0.39, 0.29) is 28.5 Å². The number of carbonyl (C=O) groups is 2. The van der Waals surface area contributed by atoms with Gasteiger partial charge in [0.1, 0.15) is 35.7 Å². The average Bonchev–Trinajstić information content (AvgIpc) is 3.41. The van der Waals surface area contributed by atoms with E-state index in [2.05, 4.69) is 0 Å². The smallest absolute Gasteiger partial charge is 0.300 e. The monoisotopic (exact) mass is 432 g/mol. The first-order valence-electron chi connectivity index (χ1n) is 10.1. The van der Waals surface area contributed by atoms with Crippen LogP contribution in [-0.2, 0) is 9.59 Å². The van der Waals surface area contributed by atoms with Crippen LogP contribution in [0.15, 0.2) is 70.9 Å². The minimum absolute atomic E-state index is 0.118. The van der Waals surface area contributed by atoms with Gasteiger partial charge >= 0.3 is 0 Å². The van der Waals surface area contributed by atoms with Crippen LogP contribution < -0.4 is 14.5 Å². The molecule has 3 aromatic rings. The summed E-state index contributed by atoms with van der Waals surface area (Å²) < 4.78 is 11.2. The first-order chi connectivity index (χ1) is 15.5. The van der Waals surface area contributed by atoms with Crippen LogP contribution in [0.25, 0.3) is 5.76 Å². The molecule has 2 N–H and O–H groups in total. The van der Waals surface area contributed by atoms with Crippen molar-refractivity contribution in [1.82, 2.24) is 0 Å². The van der Waals surface area contributed by atoms with E-state index in [9.17, 15) is 19.8 Å². The number of ether oxygens (including phenoxy) is 1. The molecule has 1 amide bonds. The summed E-state index contributed by atoms with van der Waals surface area (Å²) in [5.74, 6) is -1.27. The second-order valence-electron chi connectivity index (χ2n) is 7.63. The first-order valence-corrected chi connectivity index (χ1v) is 10.1. The van der Waals surface area contributed by atoms with Gasteiger partial charge in [-0.25, -0.2) is 0 Å². The number of phenolic OH excluding ortho intramolecular Hbond substituents is 1. The quantitative estimate of drug-likeness (QED) is 0.371. The standard InChI is InChI=1S/C24H20N2O6/c1-25-10-12-32-18-9-8-14(13-16(18)25)22(28)20-21(19-7-4-11-31-19)26(24(30)23(20)29)15-5-2-3-6-17(15)27/h2-9,11,13,21,27-28H,10,12H2,1H3/b22-20-. The molecule has 0 saturated carbocycles. The van der Waals surface area contributed by atoms with Crippen LogP contribution in [0.5, 0.6) is 11.5 Å². The van der Waals surface area contributed by atoms with Crippen molar-refractivity contribution in [2.75, 3.05) is 30.0 Å². The van der Waals surface area contributed by atoms with Crippen LogP contribution in [0.2, 0.25) is 0 Å². The van der Waals surface area contributed by atoms with Gasteiger partial charge in [-0.1, -0.05) is 12.1 Å². The molecule has 2 aliphatic heterocycles. The van der Waals surface area contributed by atoms with Crippen LogP contribution in [-0.4, -0.2) is 42.1 Å². The molecular weight excluding hydrogens is 412 g/mol. The van der Waals surface area contributed by atoms with E-state index in [4.69, 9.17) is 9.15 Å². The molecule has 1 saturated heterocycles. The number of aliphatic hydroxyl groups excluding tert-OH is 1. The molecule has 0 spiro atoms. The highest BCUT2D eigenvalue weighted by Crippen LogP contribution is 2.45. The number of anilines is 2. The van der Waals surface area contributed by atoms with Gasteiger partial charge in [0.05, 0.1) is 29.8 Å². The number of rotatable bonds is 3. The SMILES string of the molecule is CN1CCOc2ccc(/C(O)=C3/C(=O)C(=O)N(c4ccccc4O)C3c3ccco3)cc21. The fraction of sp³-hybridized carbons (Fsp3) is 0.167. The van der Waals surface area contributed by atoms with E-state index < -0.39 is 17.7 Å². The van der Waals surface area contributed by atoms with E-state index in [0.717, 1.165) is 10.6 Å². The molecule has 1 fully saturated rings. The average molecular weight is 432 g/mol. The van der Waals surface area contributed by atoms with Crippen molar-refractivity contribution < 1.29 is 29.0 Å². The normalized spacial score (nSPS) is 19.7. The van der Waals surface area contributed by atoms with Crippen LogP contribution in [0, 0.1) is 0 Å². The molecule has 2 aromatic carbocycles. The lowest BCUT2D eigenvalue weighted by Crippen LogP contribution is -2.29. The van der Waals surface area contributed by atoms with Gasteiger partial charge in [0, 0.05) is 12.6 Å². The lowest BCUT2D eigenvalue weighted by atomic mass is 9.98. The number of likely N-dealkylation sites (N-methyl/N-ethyl adjacent to an activating group) is 1. The van der Waals surface area contributed by atoms with Gasteiger partial charge in [0.15, 0.2) is 0 Å². The molecule has 162 valence electrons. The van der Waals surface area contributed by atoms with Gasteiger partial charge in [0.25, 0.3) is 11.7 Å². The van der Waals surface area contributed by atoms with Crippen LogP contribution >= 0.6 is 0 Å². The molecule has 0 bridgehead atoms. The fourth-order valence-electron chi connectivity index (χ4n) is 4.12. The highest BCUT2D eigenvalue weighted by molar-refractivity contribution is 6.51. The first kappa shape index (κ1) is 19.7. The number of hydrogen-bond acceptors (Lipinski definition) is 7. The summed E-state index contributed by atoms with van der Waals surface area (Å²) in [6, 6.07) is 13.5. The topological polar surface area (TPSA) is 103 Å². The third-order valence-electron chi connectivity index (χ3n) is 5.73. The highest BCUT2D eigenvalue weighted by atomic mass is 16.5. The molecule has 3 heterocycles. The molecule has 1 unspecified atom stereocenters. The molecule has 1 atom stereocenters. The van der Waals surface area contributed by atoms with Crippen molar-refractivity contribution in [1.29, 1.82) is 0 Å². The lowest BCUT2D eigenvalue weighted by Gasteiger charge is -2.28. The van der Waals surface area contributed by atoms with E-state index in [1.807, 2.05) is 11.9 Å². The molecule has 2 aliphatic rings. The molecule has 32 heavy (non-hydrogen) atoms. The molecule has 5 rings (SSSR count). The van der Waals surface area contributed by atoms with Crippen LogP contribution in [0.1, 0.15) is 17.4 Å². The number of ketones is 1. The second-order valence-corrected chi connectivity index (χ2v) is 7.63. The minimum atomic E-state index is -1.04. The maximum atomic E-state index is 13.1. The third-order valence-corrected chi connectivity index (χ3v) is 5.73. The predicted octanol–water partition coefficient (Wildman–Crippen LogP) is 3.44. The molecular formula is C24H20N2O6. The summed E-state index contributed by atoms with van der Waals surface area (Å²) in [5, 5.41) is 21.6. The number of fused-ring (bicyclic) bond motifs is 1. The van der Waals surface area contributed by atoms with Gasteiger partial charge in [-0.05, 0) is 42.5 Å². The number of nitrogens with zero attached hydrogens (tertiary/aromatic N) is 2. The van der Waals surface area contributed by atoms with Crippen molar-refractivity contribution in [2.24, 2.45) is 0 Å². The van der Waals surface area contributed by atoms with Crippen molar-refractivity contribution in [2.45, 2.75) is 6.04 Å². The Hall–Kier alpha value is -4.20. The van der Waals surface area contributed by atoms with E-state index in [1.165, 1.54) is 18.4 Å². The number of amides is 1. The number of Topliss-reactive ketones (excluding diaryl/α,β-unsaturated/α-hetero) is 1. The molecule has 8 nitrogen and oxygen atoms in total. The number of benzene rings is 2. The number of aliphatic hydroxyl groups is 1. The predicted molar refractivity (Wildman–Crippen MR) is 117 cm³/mol. The maximum absolute atomic E-state index is 13.1. The van der Waals surface area contributed by atoms with Gasteiger partial charge < -0.3 is 24.3 Å². The minimum Gasteiger partial charge on any atom is -0.507 e. The Balaban J connectivity index is 1.69. The van der Waals surface area contributed by atoms with Gasteiger partial charge in [0.2, 0.25) is 0 Å². The van der Waals surface area contributed by atoms with Gasteiger partial charge in [-0.3, -0.25) is 14.5 Å². The zero-order valence-corrected chi connectivity index (χ0v) is 17.2. The van der Waals surface area contributed by atoms with Gasteiger partial charge in [-0.15, -0.1) is 0 Å². The number of furan rings is 1. The second kappa shape index (κ2) is 7.49. The van der Waals surface area contributed by atoms with E-state index in [1.54, 1.807) is 42.5 Å². The number of carbonyl (C=O) groups excluding carboxylic acids is 2. The number of phenols is 1. The maximum Gasteiger partial charge on any atom is 0.300 e. The van der Waals surface area contributed by atoms with Crippen molar-refractivity contribution in [3.05, 3.63) is 77.8 Å². The number of hydrogen-bond donors (Lipinski definition) is 2. The molecule has 0 radical (unpaired) electrons. The van der Waals surface area contributed by atoms with E-state index >= 15 is 0 Å². The van der Waals surface area contributed by atoms with Crippen molar-refractivity contribution >= 4 is 28.8 Å². The summed E-state index contributed by atoms with van der Waals surface area (Å²) in [6.07, 6.45) is 1.42. The number of para-hydroxylation sites is 2. The van der Waals surface area contributed by atoms with Gasteiger partial charge in [-0.2, -0.15) is 0 Å². The Bertz CT molecular complexity index is 1250. The van der Waals surface area contributed by atoms with E-state index in [0.29, 0.717) is 24.5 Å². The number of aromatic hydroxyl groups is 1. The Kier molecular flexibility index (Phi) is 4.62. The molecule has 0 aliphatic carbocycles. The Labute approximate surface area is 183 Å². The van der Waals surface area contributed by atoms with Crippen LogP contribution in [0.3, 0.4) is 0 Å². The zero-order chi connectivity index (χ0) is 22.4. The third kappa shape index (κ3) is 2.99. The highest BCUT2D eigenvalue weighted by Gasteiger charge is 2.49. The summed E-state index contributed by atoms with van der Waals surface area (Å²) in [5.41, 5.74) is 1.17. The summed E-state index contributed by atoms with van der Waals surface area (Å²) in [4.78, 5) is 29.3.